The Kier molecular flexibility index (Phi) is 3.73. The Morgan fingerprint density at radius 2 is 2.05 bits per heavy atom. The van der Waals surface area contributed by atoms with Gasteiger partial charge >= 0.3 is 0 Å². The van der Waals surface area contributed by atoms with Crippen LogP contribution in [0.15, 0.2) is 28.9 Å². The zero-order valence-electron chi connectivity index (χ0n) is 11.6. The lowest BCUT2D eigenvalue weighted by Crippen LogP contribution is -2.37. The molecule has 7 nitrogen and oxygen atoms in total. The van der Waals surface area contributed by atoms with Crippen LogP contribution in [0.3, 0.4) is 0 Å². The largest absolute Gasteiger partial charge is 0.339 e. The summed E-state index contributed by atoms with van der Waals surface area (Å²) < 4.78 is 29.8. The molecule has 0 atom stereocenters. The number of hydrogen-bond donors (Lipinski definition) is 0. The van der Waals surface area contributed by atoms with Gasteiger partial charge in [0.05, 0.1) is 6.26 Å². The van der Waals surface area contributed by atoms with Crippen LogP contribution in [0.2, 0.25) is 0 Å². The second-order valence-electron chi connectivity index (χ2n) is 5.11. The monoisotopic (exact) mass is 308 g/mol. The fourth-order valence-electron chi connectivity index (χ4n) is 2.43. The minimum absolute atomic E-state index is 0.105. The third-order valence-electron chi connectivity index (χ3n) is 3.61. The quantitative estimate of drug-likeness (QED) is 0.848. The van der Waals surface area contributed by atoms with Gasteiger partial charge in [-0.15, -0.1) is 0 Å². The van der Waals surface area contributed by atoms with Gasteiger partial charge in [0.15, 0.2) is 0 Å². The van der Waals surface area contributed by atoms with Crippen LogP contribution in [0.4, 0.5) is 0 Å². The van der Waals surface area contributed by atoms with E-state index in [1.165, 1.54) is 10.6 Å². The Labute approximate surface area is 123 Å². The van der Waals surface area contributed by atoms with Gasteiger partial charge in [0.25, 0.3) is 0 Å². The first kappa shape index (κ1) is 14.2. The normalized spacial score (nSPS) is 18.0. The molecule has 3 rings (SSSR count). The van der Waals surface area contributed by atoms with Crippen molar-refractivity contribution in [2.24, 2.45) is 0 Å². The molecule has 8 heteroatoms. The number of piperidine rings is 1. The van der Waals surface area contributed by atoms with Gasteiger partial charge in [-0.05, 0) is 25.0 Å². The first-order valence-corrected chi connectivity index (χ1v) is 8.59. The van der Waals surface area contributed by atoms with Crippen LogP contribution in [0, 0.1) is 0 Å². The van der Waals surface area contributed by atoms with Gasteiger partial charge in [-0.25, -0.2) is 12.7 Å². The summed E-state index contributed by atoms with van der Waals surface area (Å²) in [5, 5.41) is 3.95. The molecular formula is C13H16N4O3S. The molecule has 1 saturated heterocycles. The summed E-state index contributed by atoms with van der Waals surface area (Å²) in [6, 6.07) is 5.51. The summed E-state index contributed by atoms with van der Waals surface area (Å²) in [6.07, 6.45) is 4.29. The van der Waals surface area contributed by atoms with Crippen molar-refractivity contribution in [3.05, 3.63) is 30.3 Å². The van der Waals surface area contributed by atoms with Crippen LogP contribution in [-0.4, -0.2) is 47.2 Å². The van der Waals surface area contributed by atoms with Gasteiger partial charge in [-0.3, -0.25) is 4.98 Å². The lowest BCUT2D eigenvalue weighted by molar-refractivity contribution is 0.271. The Morgan fingerprint density at radius 1 is 1.29 bits per heavy atom. The van der Waals surface area contributed by atoms with Crippen LogP contribution < -0.4 is 0 Å². The molecule has 2 aromatic heterocycles. The van der Waals surface area contributed by atoms with Crippen molar-refractivity contribution in [3.63, 3.8) is 0 Å². The summed E-state index contributed by atoms with van der Waals surface area (Å²) in [4.78, 5) is 8.56. The first-order chi connectivity index (χ1) is 10.0. The van der Waals surface area contributed by atoms with E-state index in [1.54, 1.807) is 6.20 Å². The maximum absolute atomic E-state index is 11.5. The van der Waals surface area contributed by atoms with Gasteiger partial charge in [-0.2, -0.15) is 4.98 Å². The zero-order chi connectivity index (χ0) is 14.9. The van der Waals surface area contributed by atoms with E-state index in [4.69, 9.17) is 4.52 Å². The predicted molar refractivity (Wildman–Crippen MR) is 75.9 cm³/mol. The molecule has 0 saturated carbocycles. The number of nitrogens with zero attached hydrogens (tertiary/aromatic N) is 4. The molecule has 1 aliphatic rings. The highest BCUT2D eigenvalue weighted by atomic mass is 32.2. The number of hydrogen-bond acceptors (Lipinski definition) is 6. The van der Waals surface area contributed by atoms with Gasteiger partial charge in [0, 0.05) is 25.2 Å². The van der Waals surface area contributed by atoms with E-state index < -0.39 is 10.0 Å². The second kappa shape index (κ2) is 5.53. The minimum Gasteiger partial charge on any atom is -0.339 e. The molecule has 0 amide bonds. The summed E-state index contributed by atoms with van der Waals surface area (Å²) in [5.74, 6) is 1.13. The number of aromatic nitrogens is 3. The lowest BCUT2D eigenvalue weighted by Gasteiger charge is -2.28. The third-order valence-corrected chi connectivity index (χ3v) is 4.91. The smallest absolute Gasteiger partial charge is 0.230 e. The van der Waals surface area contributed by atoms with Crippen LogP contribution in [-0.2, 0) is 10.0 Å². The van der Waals surface area contributed by atoms with Crippen LogP contribution in [0.1, 0.15) is 24.7 Å². The highest BCUT2D eigenvalue weighted by Gasteiger charge is 2.29. The van der Waals surface area contributed by atoms with Crippen molar-refractivity contribution < 1.29 is 12.9 Å². The van der Waals surface area contributed by atoms with Crippen molar-refractivity contribution >= 4 is 10.0 Å². The number of pyridine rings is 1. The van der Waals surface area contributed by atoms with Crippen molar-refractivity contribution in [3.8, 4) is 11.5 Å². The first-order valence-electron chi connectivity index (χ1n) is 6.74. The Hall–Kier alpha value is -1.80. The van der Waals surface area contributed by atoms with E-state index in [9.17, 15) is 8.42 Å². The van der Waals surface area contributed by atoms with E-state index in [0.29, 0.717) is 43.3 Å². The molecular weight excluding hydrogens is 292 g/mol. The van der Waals surface area contributed by atoms with Crippen LogP contribution >= 0.6 is 0 Å². The van der Waals surface area contributed by atoms with Crippen molar-refractivity contribution in [1.29, 1.82) is 0 Å². The number of sulfonamides is 1. The molecule has 0 aliphatic carbocycles. The Bertz CT molecular complexity index is 706. The highest BCUT2D eigenvalue weighted by molar-refractivity contribution is 7.88. The van der Waals surface area contributed by atoms with Crippen LogP contribution in [0.5, 0.6) is 0 Å². The molecule has 0 radical (unpaired) electrons. The summed E-state index contributed by atoms with van der Waals surface area (Å²) in [6.45, 7) is 0.982. The fourth-order valence-corrected chi connectivity index (χ4v) is 3.31. The SMILES string of the molecule is CS(=O)(=O)N1CCC(c2nc(-c3ccccn3)no2)CC1. The molecule has 0 spiro atoms. The molecule has 0 aromatic carbocycles. The molecule has 21 heavy (non-hydrogen) atoms. The van der Waals surface area contributed by atoms with Crippen molar-refractivity contribution in [2.75, 3.05) is 19.3 Å². The zero-order valence-corrected chi connectivity index (χ0v) is 12.5. The number of rotatable bonds is 3. The van der Waals surface area contributed by atoms with Gasteiger partial charge < -0.3 is 4.52 Å². The molecule has 0 bridgehead atoms. The summed E-state index contributed by atoms with van der Waals surface area (Å²) in [5.41, 5.74) is 0.668. The second-order valence-corrected chi connectivity index (χ2v) is 7.09. The molecule has 112 valence electrons. The van der Waals surface area contributed by atoms with E-state index in [2.05, 4.69) is 15.1 Å². The Morgan fingerprint density at radius 3 is 2.67 bits per heavy atom. The Balaban J connectivity index is 1.71. The molecule has 1 fully saturated rings. The lowest BCUT2D eigenvalue weighted by atomic mass is 9.98. The topological polar surface area (TPSA) is 89.2 Å². The van der Waals surface area contributed by atoms with Gasteiger partial charge in [0.1, 0.15) is 5.69 Å². The van der Waals surface area contributed by atoms with E-state index in [0.717, 1.165) is 0 Å². The standard InChI is InChI=1S/C13H16N4O3S/c1-21(18,19)17-8-5-10(6-9-17)13-15-12(16-20-13)11-4-2-3-7-14-11/h2-4,7,10H,5-6,8-9H2,1H3. The van der Waals surface area contributed by atoms with Crippen molar-refractivity contribution in [1.82, 2.24) is 19.4 Å². The molecule has 2 aromatic rings. The van der Waals surface area contributed by atoms with Gasteiger partial charge in [0.2, 0.25) is 21.7 Å². The fraction of sp³-hybridized carbons (Fsp3) is 0.462. The minimum atomic E-state index is -3.11. The molecule has 3 heterocycles. The molecule has 0 N–H and O–H groups in total. The van der Waals surface area contributed by atoms with Crippen LogP contribution in [0.25, 0.3) is 11.5 Å². The highest BCUT2D eigenvalue weighted by Crippen LogP contribution is 2.28. The van der Waals surface area contributed by atoms with Gasteiger partial charge in [-0.1, -0.05) is 11.2 Å². The average molecular weight is 308 g/mol. The van der Waals surface area contributed by atoms with E-state index in [1.807, 2.05) is 18.2 Å². The maximum atomic E-state index is 11.5. The average Bonchev–Trinajstić information content (AvgIpc) is 2.97. The van der Waals surface area contributed by atoms with E-state index in [-0.39, 0.29) is 5.92 Å². The molecule has 0 unspecified atom stereocenters. The summed E-state index contributed by atoms with van der Waals surface area (Å²) >= 11 is 0. The predicted octanol–water partition coefficient (Wildman–Crippen LogP) is 1.27. The van der Waals surface area contributed by atoms with E-state index >= 15 is 0 Å². The summed E-state index contributed by atoms with van der Waals surface area (Å²) in [7, 11) is -3.11. The maximum Gasteiger partial charge on any atom is 0.230 e. The van der Waals surface area contributed by atoms with Crippen molar-refractivity contribution in [2.45, 2.75) is 18.8 Å². The third kappa shape index (κ3) is 3.11. The molecule has 1 aliphatic heterocycles.